The van der Waals surface area contributed by atoms with Crippen LogP contribution >= 0.6 is 11.8 Å². The number of sulfone groups is 1. The molecular weight excluding hydrogens is 537 g/mol. The molecular formula is C18H13F7N2O6S2. The van der Waals surface area contributed by atoms with Crippen LogP contribution in [0.2, 0.25) is 0 Å². The molecule has 2 aromatic carbocycles. The predicted octanol–water partition coefficient (Wildman–Crippen LogP) is 4.90. The number of carbonyl (C=O) groups excluding carboxylic acids is 1. The van der Waals surface area contributed by atoms with Crippen LogP contribution in [-0.4, -0.2) is 49.5 Å². The van der Waals surface area contributed by atoms with Crippen molar-refractivity contribution in [3.63, 3.8) is 0 Å². The normalized spacial score (nSPS) is 12.8. The SMILES string of the molecule is CS(=O)(=O)c1ccc(OCC(=O)Nc2ccccc2SC(F)(F)C(F)(F)C(F)(F)F)c([N+](=O)[O-])c1. The van der Waals surface area contributed by atoms with E-state index < -0.39 is 83.3 Å². The number of nitrogens with zero attached hydrogens (tertiary/aromatic N) is 1. The monoisotopic (exact) mass is 550 g/mol. The minimum absolute atomic E-state index is 0.413. The van der Waals surface area contributed by atoms with Crippen LogP contribution in [0.15, 0.2) is 52.3 Å². The van der Waals surface area contributed by atoms with E-state index in [0.717, 1.165) is 42.7 Å². The number of amides is 1. The molecule has 0 saturated carbocycles. The molecule has 17 heteroatoms. The third kappa shape index (κ3) is 6.53. The fraction of sp³-hybridized carbons (Fsp3) is 0.278. The number of anilines is 1. The Labute approximate surface area is 196 Å². The number of para-hydroxylation sites is 1. The van der Waals surface area contributed by atoms with Crippen LogP contribution < -0.4 is 10.1 Å². The number of hydrogen-bond acceptors (Lipinski definition) is 7. The standard InChI is InChI=1S/C18H13F7N2O6S2/c1-35(31,32)10-6-7-13(12(8-10)27(29)30)33-9-15(28)26-11-4-2-3-5-14(11)34-18(24,25)16(19,20)17(21,22)23/h2-8H,9H2,1H3,(H,26,28). The summed E-state index contributed by atoms with van der Waals surface area (Å²) in [6.45, 7) is -0.993. The molecule has 0 atom stereocenters. The Balaban J connectivity index is 2.20. The van der Waals surface area contributed by atoms with E-state index in [9.17, 15) is 54.1 Å². The molecule has 2 aromatic rings. The highest BCUT2D eigenvalue weighted by molar-refractivity contribution is 8.00. The number of rotatable bonds is 9. The van der Waals surface area contributed by atoms with Crippen molar-refractivity contribution >= 4 is 38.9 Å². The van der Waals surface area contributed by atoms with Gasteiger partial charge in [-0.05, 0) is 36.0 Å². The second-order valence-electron chi connectivity index (χ2n) is 6.68. The Morgan fingerprint density at radius 3 is 2.23 bits per heavy atom. The molecule has 0 saturated heterocycles. The summed E-state index contributed by atoms with van der Waals surface area (Å²) in [7, 11) is -3.81. The molecule has 35 heavy (non-hydrogen) atoms. The molecule has 1 N–H and O–H groups in total. The fourth-order valence-electron chi connectivity index (χ4n) is 2.35. The van der Waals surface area contributed by atoms with E-state index in [-0.39, 0.29) is 0 Å². The van der Waals surface area contributed by atoms with Gasteiger partial charge in [0.25, 0.3) is 5.91 Å². The lowest BCUT2D eigenvalue weighted by molar-refractivity contribution is -0.386. The largest absolute Gasteiger partial charge is 0.477 e. The zero-order chi connectivity index (χ0) is 26.8. The molecule has 2 rings (SSSR count). The van der Waals surface area contributed by atoms with Crippen molar-refractivity contribution in [3.05, 3.63) is 52.6 Å². The average molecular weight is 550 g/mol. The maximum atomic E-state index is 13.8. The molecule has 0 fully saturated rings. The number of benzene rings is 2. The number of carbonyl (C=O) groups is 1. The minimum atomic E-state index is -6.54. The Morgan fingerprint density at radius 2 is 1.69 bits per heavy atom. The number of nitro groups is 1. The topological polar surface area (TPSA) is 116 Å². The molecule has 8 nitrogen and oxygen atoms in total. The molecule has 0 radical (unpaired) electrons. The second-order valence-corrected chi connectivity index (χ2v) is 9.86. The lowest BCUT2D eigenvalue weighted by Crippen LogP contribution is -2.49. The maximum Gasteiger partial charge on any atom is 0.460 e. The molecule has 0 aliphatic carbocycles. The van der Waals surface area contributed by atoms with Gasteiger partial charge in [-0.3, -0.25) is 14.9 Å². The van der Waals surface area contributed by atoms with Crippen molar-refractivity contribution in [3.8, 4) is 5.75 Å². The molecule has 0 heterocycles. The van der Waals surface area contributed by atoms with Crippen molar-refractivity contribution in [1.29, 1.82) is 0 Å². The van der Waals surface area contributed by atoms with E-state index in [4.69, 9.17) is 4.74 Å². The van der Waals surface area contributed by atoms with Gasteiger partial charge in [0.2, 0.25) is 0 Å². The smallest absolute Gasteiger partial charge is 0.460 e. The summed E-state index contributed by atoms with van der Waals surface area (Å²) in [5, 5.41) is 7.51. The lowest BCUT2D eigenvalue weighted by Gasteiger charge is -2.28. The second kappa shape index (κ2) is 9.88. The van der Waals surface area contributed by atoms with Gasteiger partial charge in [0.15, 0.2) is 22.2 Å². The molecule has 0 aliphatic heterocycles. The molecule has 0 aliphatic rings. The Morgan fingerprint density at radius 1 is 1.09 bits per heavy atom. The number of ether oxygens (including phenoxy) is 1. The molecule has 0 unspecified atom stereocenters. The first-order chi connectivity index (χ1) is 15.9. The summed E-state index contributed by atoms with van der Waals surface area (Å²) in [4.78, 5) is 21.1. The van der Waals surface area contributed by atoms with Crippen molar-refractivity contribution in [2.24, 2.45) is 0 Å². The summed E-state index contributed by atoms with van der Waals surface area (Å²) in [6.07, 6.45) is -5.75. The summed E-state index contributed by atoms with van der Waals surface area (Å²) < 4.78 is 119. The first kappa shape index (κ1) is 28.2. The van der Waals surface area contributed by atoms with Crippen LogP contribution in [0.3, 0.4) is 0 Å². The van der Waals surface area contributed by atoms with Gasteiger partial charge in [0.05, 0.1) is 15.5 Å². The first-order valence-corrected chi connectivity index (χ1v) is 11.6. The van der Waals surface area contributed by atoms with Crippen LogP contribution in [0.5, 0.6) is 5.75 Å². The van der Waals surface area contributed by atoms with Gasteiger partial charge in [-0.15, -0.1) is 0 Å². The number of nitro benzene ring substituents is 1. The summed E-state index contributed by atoms with van der Waals surface area (Å²) in [5.74, 6) is -8.07. The van der Waals surface area contributed by atoms with E-state index >= 15 is 0 Å². The summed E-state index contributed by atoms with van der Waals surface area (Å²) >= 11 is -1.13. The highest BCUT2D eigenvalue weighted by atomic mass is 32.2. The van der Waals surface area contributed by atoms with Gasteiger partial charge in [0.1, 0.15) is 0 Å². The van der Waals surface area contributed by atoms with E-state index in [2.05, 4.69) is 0 Å². The zero-order valence-corrected chi connectivity index (χ0v) is 18.7. The number of hydrogen-bond donors (Lipinski definition) is 1. The van der Waals surface area contributed by atoms with Gasteiger partial charge in [-0.1, -0.05) is 12.1 Å². The molecule has 1 amide bonds. The number of nitrogens with one attached hydrogen (secondary N) is 1. The van der Waals surface area contributed by atoms with Crippen molar-refractivity contribution in [2.75, 3.05) is 18.2 Å². The quantitative estimate of drug-likeness (QED) is 0.204. The van der Waals surface area contributed by atoms with Crippen LogP contribution in [-0.2, 0) is 14.6 Å². The molecule has 0 aromatic heterocycles. The van der Waals surface area contributed by atoms with Crippen molar-refractivity contribution in [1.82, 2.24) is 0 Å². The third-order valence-electron chi connectivity index (χ3n) is 4.03. The van der Waals surface area contributed by atoms with E-state index in [0.29, 0.717) is 6.07 Å². The van der Waals surface area contributed by atoms with Gasteiger partial charge < -0.3 is 10.1 Å². The van der Waals surface area contributed by atoms with E-state index in [1.807, 2.05) is 5.32 Å². The minimum Gasteiger partial charge on any atom is -0.477 e. The highest BCUT2D eigenvalue weighted by Crippen LogP contribution is 2.54. The zero-order valence-electron chi connectivity index (χ0n) is 17.1. The Hall–Kier alpha value is -3.08. The van der Waals surface area contributed by atoms with Crippen LogP contribution in [0.25, 0.3) is 0 Å². The van der Waals surface area contributed by atoms with Gasteiger partial charge >= 0.3 is 23.0 Å². The summed E-state index contributed by atoms with van der Waals surface area (Å²) in [6, 6.07) is 6.44. The van der Waals surface area contributed by atoms with E-state index in [1.54, 1.807) is 0 Å². The van der Waals surface area contributed by atoms with Gasteiger partial charge in [-0.25, -0.2) is 8.42 Å². The van der Waals surface area contributed by atoms with E-state index in [1.165, 1.54) is 0 Å². The first-order valence-electron chi connectivity index (χ1n) is 8.88. The molecule has 0 spiro atoms. The van der Waals surface area contributed by atoms with Crippen LogP contribution in [0.4, 0.5) is 42.1 Å². The maximum absolute atomic E-state index is 13.8. The Bertz CT molecular complexity index is 1240. The number of thioether (sulfide) groups is 1. The van der Waals surface area contributed by atoms with Crippen molar-refractivity contribution in [2.45, 2.75) is 27.1 Å². The summed E-state index contributed by atoms with van der Waals surface area (Å²) in [5.41, 5.74) is -1.38. The van der Waals surface area contributed by atoms with Crippen LogP contribution in [0, 0.1) is 10.1 Å². The predicted molar refractivity (Wildman–Crippen MR) is 109 cm³/mol. The Kier molecular flexibility index (Phi) is 7.95. The third-order valence-corrected chi connectivity index (χ3v) is 6.23. The van der Waals surface area contributed by atoms with Crippen LogP contribution in [0.1, 0.15) is 0 Å². The van der Waals surface area contributed by atoms with Gasteiger partial charge in [-0.2, -0.15) is 30.7 Å². The number of alkyl halides is 7. The highest BCUT2D eigenvalue weighted by Gasteiger charge is 2.73. The number of halogens is 7. The average Bonchev–Trinajstić information content (AvgIpc) is 2.71. The molecule has 0 bridgehead atoms. The van der Waals surface area contributed by atoms with Crippen molar-refractivity contribution < 1.29 is 53.6 Å². The fourth-order valence-corrected chi connectivity index (χ4v) is 3.88. The lowest BCUT2D eigenvalue weighted by atomic mass is 10.3. The molecule has 192 valence electrons. The van der Waals surface area contributed by atoms with Gasteiger partial charge in [0, 0.05) is 17.2 Å².